The van der Waals surface area contributed by atoms with Crippen LogP contribution in [0.15, 0.2) is 23.7 Å². The molecular formula is C8H14O2. The Labute approximate surface area is 61.8 Å². The summed E-state index contributed by atoms with van der Waals surface area (Å²) in [6, 6.07) is 0. The average Bonchev–Trinajstić information content (AvgIpc) is 1.99. The van der Waals surface area contributed by atoms with Crippen LogP contribution in [0.2, 0.25) is 0 Å². The molecule has 10 heavy (non-hydrogen) atoms. The molecule has 2 nitrogen and oxygen atoms in total. The molecule has 0 aliphatic carbocycles. The highest BCUT2D eigenvalue weighted by molar-refractivity contribution is 5.16. The minimum absolute atomic E-state index is 0.198. The largest absolute Gasteiger partial charge is 0.504 e. The van der Waals surface area contributed by atoms with Crippen molar-refractivity contribution < 1.29 is 9.84 Å². The van der Waals surface area contributed by atoms with Crippen molar-refractivity contribution in [3.8, 4) is 0 Å². The van der Waals surface area contributed by atoms with Crippen LogP contribution in [0.3, 0.4) is 0 Å². The van der Waals surface area contributed by atoms with E-state index in [4.69, 9.17) is 9.84 Å². The number of rotatable bonds is 3. The lowest BCUT2D eigenvalue weighted by molar-refractivity contribution is 0.207. The van der Waals surface area contributed by atoms with Crippen LogP contribution in [0.25, 0.3) is 0 Å². The first-order chi connectivity index (χ1) is 4.76. The van der Waals surface area contributed by atoms with Gasteiger partial charge in [0.05, 0.1) is 6.61 Å². The Kier molecular flexibility index (Phi) is 4.46. The highest BCUT2D eigenvalue weighted by Gasteiger charge is 1.98. The summed E-state index contributed by atoms with van der Waals surface area (Å²) in [6.45, 7) is 6.05. The third-order valence-corrected chi connectivity index (χ3v) is 1.09. The maximum atomic E-state index is 9.12. The highest BCUT2D eigenvalue weighted by atomic mass is 16.5. The normalized spacial score (nSPS) is 13.5. The summed E-state index contributed by atoms with van der Waals surface area (Å²) in [5, 5.41) is 9.12. The lowest BCUT2D eigenvalue weighted by Crippen LogP contribution is -1.94. The van der Waals surface area contributed by atoms with E-state index in [1.54, 1.807) is 19.1 Å². The molecule has 0 spiro atoms. The second-order valence-electron chi connectivity index (χ2n) is 1.76. The molecule has 0 heterocycles. The first kappa shape index (κ1) is 9.08. The lowest BCUT2D eigenvalue weighted by Gasteiger charge is -2.05. The molecule has 2 heteroatoms. The minimum atomic E-state index is 0.198. The van der Waals surface area contributed by atoms with Gasteiger partial charge in [-0.1, -0.05) is 0 Å². The molecule has 0 amide bonds. The summed E-state index contributed by atoms with van der Waals surface area (Å²) in [7, 11) is 0. The SMILES string of the molecule is CC=C(O)C(=CC)OCC. The number of allylic oxidation sites excluding steroid dienone is 2. The van der Waals surface area contributed by atoms with Crippen molar-refractivity contribution in [3.05, 3.63) is 23.7 Å². The minimum Gasteiger partial charge on any atom is -0.504 e. The van der Waals surface area contributed by atoms with Crippen LogP contribution < -0.4 is 0 Å². The van der Waals surface area contributed by atoms with Gasteiger partial charge in [0, 0.05) is 0 Å². The maximum absolute atomic E-state index is 9.12. The van der Waals surface area contributed by atoms with E-state index in [0.717, 1.165) is 0 Å². The van der Waals surface area contributed by atoms with Crippen LogP contribution in [0, 0.1) is 0 Å². The smallest absolute Gasteiger partial charge is 0.156 e. The monoisotopic (exact) mass is 142 g/mol. The predicted molar refractivity (Wildman–Crippen MR) is 41.8 cm³/mol. The van der Waals surface area contributed by atoms with Gasteiger partial charge in [0.1, 0.15) is 0 Å². The molecule has 0 aliphatic rings. The molecule has 0 aromatic carbocycles. The van der Waals surface area contributed by atoms with Crippen molar-refractivity contribution in [1.29, 1.82) is 0 Å². The number of hydrogen-bond donors (Lipinski definition) is 1. The Morgan fingerprint density at radius 1 is 1.40 bits per heavy atom. The first-order valence-corrected chi connectivity index (χ1v) is 3.41. The Hall–Kier alpha value is -0.920. The molecule has 0 bridgehead atoms. The van der Waals surface area contributed by atoms with Gasteiger partial charge in [0.2, 0.25) is 0 Å². The van der Waals surface area contributed by atoms with Crippen LogP contribution in [0.1, 0.15) is 20.8 Å². The topological polar surface area (TPSA) is 29.5 Å². The zero-order valence-electron chi connectivity index (χ0n) is 6.72. The second-order valence-corrected chi connectivity index (χ2v) is 1.76. The number of aliphatic hydroxyl groups excluding tert-OH is 1. The van der Waals surface area contributed by atoms with Crippen LogP contribution in [0.4, 0.5) is 0 Å². The van der Waals surface area contributed by atoms with Crippen LogP contribution in [0.5, 0.6) is 0 Å². The molecule has 0 saturated heterocycles. The van der Waals surface area contributed by atoms with Crippen LogP contribution in [-0.2, 0) is 4.74 Å². The summed E-state index contributed by atoms with van der Waals surface area (Å²) in [4.78, 5) is 0. The molecule has 0 atom stereocenters. The van der Waals surface area contributed by atoms with Gasteiger partial charge in [-0.25, -0.2) is 0 Å². The van der Waals surface area contributed by atoms with Crippen molar-refractivity contribution in [1.82, 2.24) is 0 Å². The van der Waals surface area contributed by atoms with E-state index < -0.39 is 0 Å². The first-order valence-electron chi connectivity index (χ1n) is 3.41. The summed E-state index contributed by atoms with van der Waals surface area (Å²) in [6.07, 6.45) is 3.34. The summed E-state index contributed by atoms with van der Waals surface area (Å²) < 4.78 is 5.09. The van der Waals surface area contributed by atoms with Crippen LogP contribution >= 0.6 is 0 Å². The van der Waals surface area contributed by atoms with E-state index in [0.29, 0.717) is 12.4 Å². The summed E-state index contributed by atoms with van der Waals surface area (Å²) in [5.41, 5.74) is 0. The van der Waals surface area contributed by atoms with Gasteiger partial charge < -0.3 is 9.84 Å². The van der Waals surface area contributed by atoms with Gasteiger partial charge in [0.25, 0.3) is 0 Å². The van der Waals surface area contributed by atoms with Crippen LogP contribution in [-0.4, -0.2) is 11.7 Å². The Bertz CT molecular complexity index is 145. The summed E-state index contributed by atoms with van der Waals surface area (Å²) >= 11 is 0. The lowest BCUT2D eigenvalue weighted by atomic mass is 10.3. The van der Waals surface area contributed by atoms with E-state index in [1.807, 2.05) is 13.8 Å². The van der Waals surface area contributed by atoms with Crippen molar-refractivity contribution in [2.45, 2.75) is 20.8 Å². The molecule has 0 aromatic rings. The van der Waals surface area contributed by atoms with E-state index >= 15 is 0 Å². The zero-order valence-corrected chi connectivity index (χ0v) is 6.72. The van der Waals surface area contributed by atoms with E-state index in [1.165, 1.54) is 0 Å². The fourth-order valence-electron chi connectivity index (χ4n) is 0.603. The van der Waals surface area contributed by atoms with Crippen molar-refractivity contribution in [3.63, 3.8) is 0 Å². The second kappa shape index (κ2) is 4.91. The third-order valence-electron chi connectivity index (χ3n) is 1.09. The number of hydrogen-bond acceptors (Lipinski definition) is 2. The standard InChI is InChI=1S/C8H14O2/c1-4-7(9)8(5-2)10-6-3/h4-5,9H,6H2,1-3H3. The number of aliphatic hydroxyl groups is 1. The quantitative estimate of drug-likeness (QED) is 0.484. The molecule has 0 radical (unpaired) electrons. The third kappa shape index (κ3) is 2.58. The highest BCUT2D eigenvalue weighted by Crippen LogP contribution is 2.06. The van der Waals surface area contributed by atoms with Gasteiger partial charge in [0.15, 0.2) is 11.5 Å². The van der Waals surface area contributed by atoms with Crippen molar-refractivity contribution >= 4 is 0 Å². The molecule has 58 valence electrons. The van der Waals surface area contributed by atoms with Crippen molar-refractivity contribution in [2.75, 3.05) is 6.61 Å². The molecule has 0 aliphatic heterocycles. The predicted octanol–water partition coefficient (Wildman–Crippen LogP) is 2.39. The molecule has 0 rings (SSSR count). The molecular weight excluding hydrogens is 128 g/mol. The molecule has 1 N–H and O–H groups in total. The van der Waals surface area contributed by atoms with E-state index in [9.17, 15) is 0 Å². The fourth-order valence-corrected chi connectivity index (χ4v) is 0.603. The summed E-state index contributed by atoms with van der Waals surface area (Å²) in [5.74, 6) is 0.745. The molecule has 0 fully saturated rings. The van der Waals surface area contributed by atoms with E-state index in [-0.39, 0.29) is 5.76 Å². The Morgan fingerprint density at radius 2 is 2.00 bits per heavy atom. The Balaban J connectivity index is 4.09. The van der Waals surface area contributed by atoms with Gasteiger partial charge >= 0.3 is 0 Å². The maximum Gasteiger partial charge on any atom is 0.156 e. The average molecular weight is 142 g/mol. The van der Waals surface area contributed by atoms with E-state index in [2.05, 4.69) is 0 Å². The molecule has 0 aromatic heterocycles. The number of ether oxygens (including phenoxy) is 1. The molecule has 0 saturated carbocycles. The van der Waals surface area contributed by atoms with Gasteiger partial charge in [-0.15, -0.1) is 0 Å². The van der Waals surface area contributed by atoms with Gasteiger partial charge in [-0.2, -0.15) is 0 Å². The van der Waals surface area contributed by atoms with Crippen molar-refractivity contribution in [2.24, 2.45) is 0 Å². The Morgan fingerprint density at radius 3 is 2.30 bits per heavy atom. The van der Waals surface area contributed by atoms with Gasteiger partial charge in [-0.3, -0.25) is 0 Å². The zero-order chi connectivity index (χ0) is 7.98. The van der Waals surface area contributed by atoms with Gasteiger partial charge in [-0.05, 0) is 32.9 Å². The molecule has 0 unspecified atom stereocenters. The fraction of sp³-hybridized carbons (Fsp3) is 0.500.